The SMILES string of the molecule is CCCOC(=O)C(C)(C)N[P@@](=O)(CO[C@H](C)Cn1cnc2c(N)ncnc21)NC(=S)c1ccc(Cl)cc1. The highest BCUT2D eigenvalue weighted by Gasteiger charge is 2.38. The Morgan fingerprint density at radius 3 is 2.65 bits per heavy atom. The molecule has 2 aromatic heterocycles. The number of carbonyl (C=O) groups excluding carboxylic acids is 1. The molecule has 37 heavy (non-hydrogen) atoms. The minimum atomic E-state index is -3.63. The Kier molecular flexibility index (Phi) is 9.60. The fourth-order valence-electron chi connectivity index (χ4n) is 3.39. The lowest BCUT2D eigenvalue weighted by atomic mass is 10.1. The molecule has 3 aromatic rings. The molecule has 0 saturated heterocycles. The van der Waals surface area contributed by atoms with Gasteiger partial charge >= 0.3 is 5.97 Å². The number of hydrogen-bond acceptors (Lipinski definition) is 9. The van der Waals surface area contributed by atoms with Gasteiger partial charge in [0.2, 0.25) is 0 Å². The van der Waals surface area contributed by atoms with Gasteiger partial charge < -0.3 is 24.9 Å². The summed E-state index contributed by atoms with van der Waals surface area (Å²) in [5.41, 5.74) is 6.25. The highest BCUT2D eigenvalue weighted by atomic mass is 35.5. The molecule has 3 rings (SSSR count). The summed E-state index contributed by atoms with van der Waals surface area (Å²) in [5, 5.41) is 6.35. The number of hydrogen-bond donors (Lipinski definition) is 3. The third-order valence-corrected chi connectivity index (χ3v) is 7.98. The first-order valence-corrected chi connectivity index (χ1v) is 14.3. The second kappa shape index (κ2) is 12.3. The molecule has 0 radical (unpaired) electrons. The predicted octanol–water partition coefficient (Wildman–Crippen LogP) is 3.90. The number of esters is 1. The minimum Gasteiger partial charge on any atom is -0.464 e. The third-order valence-electron chi connectivity index (χ3n) is 5.22. The number of nitrogen functional groups attached to an aromatic ring is 1. The van der Waals surface area contributed by atoms with Crippen molar-refractivity contribution < 1.29 is 18.8 Å². The largest absolute Gasteiger partial charge is 0.464 e. The van der Waals surface area contributed by atoms with Crippen LogP contribution in [0.5, 0.6) is 0 Å². The van der Waals surface area contributed by atoms with Gasteiger partial charge in [-0.25, -0.2) is 20.0 Å². The van der Waals surface area contributed by atoms with Crippen LogP contribution >= 0.6 is 31.3 Å². The van der Waals surface area contributed by atoms with E-state index in [0.717, 1.165) is 0 Å². The third kappa shape index (κ3) is 7.68. The topological polar surface area (TPSA) is 146 Å². The molecule has 2 heterocycles. The van der Waals surface area contributed by atoms with E-state index >= 15 is 0 Å². The lowest BCUT2D eigenvalue weighted by molar-refractivity contribution is -0.149. The van der Waals surface area contributed by atoms with Crippen molar-refractivity contribution in [1.29, 1.82) is 0 Å². The van der Waals surface area contributed by atoms with E-state index in [1.54, 1.807) is 49.0 Å². The molecule has 0 amide bonds. The highest BCUT2D eigenvalue weighted by Crippen LogP contribution is 2.40. The average Bonchev–Trinajstić information content (AvgIpc) is 3.25. The van der Waals surface area contributed by atoms with E-state index < -0.39 is 25.1 Å². The summed E-state index contributed by atoms with van der Waals surface area (Å²) < 4.78 is 27.1. The summed E-state index contributed by atoms with van der Waals surface area (Å²) in [6, 6.07) is 6.78. The number of thiocarbonyl (C=S) groups is 1. The van der Waals surface area contributed by atoms with Crippen molar-refractivity contribution in [1.82, 2.24) is 29.7 Å². The highest BCUT2D eigenvalue weighted by molar-refractivity contribution is 7.81. The number of nitrogens with two attached hydrogens (primary N) is 1. The lowest BCUT2D eigenvalue weighted by Crippen LogP contribution is -2.49. The molecule has 1 aromatic carbocycles. The van der Waals surface area contributed by atoms with Gasteiger partial charge in [-0.1, -0.05) is 42.9 Å². The molecule has 0 aliphatic rings. The Labute approximate surface area is 226 Å². The van der Waals surface area contributed by atoms with Crippen molar-refractivity contribution in [3.63, 3.8) is 0 Å². The second-order valence-electron chi connectivity index (χ2n) is 8.99. The second-order valence-corrected chi connectivity index (χ2v) is 12.0. The van der Waals surface area contributed by atoms with Crippen LogP contribution in [0.4, 0.5) is 5.82 Å². The molecule has 200 valence electrons. The van der Waals surface area contributed by atoms with E-state index in [2.05, 4.69) is 25.1 Å². The first-order chi connectivity index (χ1) is 17.4. The summed E-state index contributed by atoms with van der Waals surface area (Å²) >= 11 is 11.5. The number of nitrogens with one attached hydrogen (secondary N) is 2. The summed E-state index contributed by atoms with van der Waals surface area (Å²) in [6.45, 7) is 7.51. The van der Waals surface area contributed by atoms with Crippen molar-refractivity contribution in [2.24, 2.45) is 0 Å². The van der Waals surface area contributed by atoms with E-state index in [1.807, 2.05) is 13.8 Å². The van der Waals surface area contributed by atoms with E-state index in [9.17, 15) is 9.36 Å². The molecule has 0 spiro atoms. The van der Waals surface area contributed by atoms with Gasteiger partial charge in [-0.15, -0.1) is 0 Å². The van der Waals surface area contributed by atoms with Gasteiger partial charge in [-0.3, -0.25) is 9.36 Å². The molecule has 0 aliphatic carbocycles. The standard InChI is InChI=1S/C23H31ClN7O4PS/c1-5-10-34-22(32)23(3,4)30-36(33,29-21(37)16-6-8-17(24)9-7-16)14-35-15(2)11-31-13-28-18-19(25)26-12-27-20(18)31/h6-9,12-13,15H,5,10-11,14H2,1-4H3,(H2,25,26,27)(H2,29,30,33,37)/t15-,36-/m1/s1. The molecule has 0 unspecified atom stereocenters. The lowest BCUT2D eigenvalue weighted by Gasteiger charge is -2.31. The molecule has 2 atom stereocenters. The van der Waals surface area contributed by atoms with Crippen molar-refractivity contribution >= 4 is 59.2 Å². The Balaban J connectivity index is 1.76. The number of imidazole rings is 1. The number of carbonyl (C=O) groups is 1. The van der Waals surface area contributed by atoms with Gasteiger partial charge in [0.25, 0.3) is 7.44 Å². The van der Waals surface area contributed by atoms with Gasteiger partial charge in [-0.05, 0) is 39.3 Å². The summed E-state index contributed by atoms with van der Waals surface area (Å²) in [5.74, 6) is -0.257. The van der Waals surface area contributed by atoms with Crippen LogP contribution in [0.1, 0.15) is 39.7 Å². The summed E-state index contributed by atoms with van der Waals surface area (Å²) in [4.78, 5) is 25.3. The molecule has 0 saturated carbocycles. The Morgan fingerprint density at radius 1 is 1.27 bits per heavy atom. The van der Waals surface area contributed by atoms with Crippen molar-refractivity contribution in [3.8, 4) is 0 Å². The zero-order valence-electron chi connectivity index (χ0n) is 21.1. The van der Waals surface area contributed by atoms with Crippen LogP contribution in [0.25, 0.3) is 11.2 Å². The van der Waals surface area contributed by atoms with E-state index in [0.29, 0.717) is 34.7 Å². The van der Waals surface area contributed by atoms with Crippen LogP contribution in [0.3, 0.4) is 0 Å². The van der Waals surface area contributed by atoms with Crippen LogP contribution in [0.2, 0.25) is 5.02 Å². The maximum absolute atomic E-state index is 14.1. The van der Waals surface area contributed by atoms with Crippen LogP contribution in [0, 0.1) is 0 Å². The smallest absolute Gasteiger partial charge is 0.326 e. The molecule has 11 nitrogen and oxygen atoms in total. The number of ether oxygens (including phenoxy) is 2. The number of halogens is 1. The Hall–Kier alpha value is -2.63. The molecular weight excluding hydrogens is 537 g/mol. The minimum absolute atomic E-state index is 0.217. The number of fused-ring (bicyclic) bond motifs is 1. The zero-order chi connectivity index (χ0) is 27.2. The number of benzene rings is 1. The van der Waals surface area contributed by atoms with Crippen molar-refractivity contribution in [2.75, 3.05) is 18.7 Å². The van der Waals surface area contributed by atoms with Crippen LogP contribution in [-0.2, 0) is 25.4 Å². The number of rotatable bonds is 12. The first kappa shape index (κ1) is 28.9. The normalized spacial score (nSPS) is 14.2. The zero-order valence-corrected chi connectivity index (χ0v) is 23.6. The molecule has 0 fully saturated rings. The van der Waals surface area contributed by atoms with Crippen molar-refractivity contribution in [2.45, 2.75) is 52.3 Å². The molecule has 14 heteroatoms. The van der Waals surface area contributed by atoms with E-state index in [4.69, 9.17) is 39.0 Å². The van der Waals surface area contributed by atoms with Gasteiger partial charge in [0, 0.05) is 10.6 Å². The molecule has 4 N–H and O–H groups in total. The van der Waals surface area contributed by atoms with Crippen LogP contribution in [0.15, 0.2) is 36.9 Å². The molecule has 0 aliphatic heterocycles. The number of anilines is 1. The van der Waals surface area contributed by atoms with Gasteiger partial charge in [0.05, 0.1) is 25.6 Å². The number of aromatic nitrogens is 4. The van der Waals surface area contributed by atoms with Crippen LogP contribution < -0.4 is 15.9 Å². The Bertz CT molecular complexity index is 1300. The Morgan fingerprint density at radius 2 is 1.97 bits per heavy atom. The van der Waals surface area contributed by atoms with E-state index in [1.165, 1.54) is 6.33 Å². The quantitative estimate of drug-likeness (QED) is 0.166. The monoisotopic (exact) mass is 567 g/mol. The maximum Gasteiger partial charge on any atom is 0.326 e. The van der Waals surface area contributed by atoms with Crippen molar-refractivity contribution in [3.05, 3.63) is 47.5 Å². The molecule has 0 bridgehead atoms. The number of nitrogens with zero attached hydrogens (tertiary/aromatic N) is 4. The fourth-order valence-corrected chi connectivity index (χ4v) is 6.19. The maximum atomic E-state index is 14.1. The predicted molar refractivity (Wildman–Crippen MR) is 148 cm³/mol. The van der Waals surface area contributed by atoms with Gasteiger partial charge in [-0.2, -0.15) is 0 Å². The first-order valence-electron chi connectivity index (χ1n) is 11.6. The summed E-state index contributed by atoms with van der Waals surface area (Å²) in [7, 11) is -3.63. The molecular formula is C23H31ClN7O4PS. The van der Waals surface area contributed by atoms with Crippen LogP contribution in [-0.4, -0.2) is 55.1 Å². The summed E-state index contributed by atoms with van der Waals surface area (Å²) in [6.07, 6.45) is 2.94. The average molecular weight is 568 g/mol. The van der Waals surface area contributed by atoms with Gasteiger partial charge in [0.15, 0.2) is 11.5 Å². The van der Waals surface area contributed by atoms with Gasteiger partial charge in [0.1, 0.15) is 28.7 Å². The van der Waals surface area contributed by atoms with E-state index in [-0.39, 0.29) is 23.8 Å². The fraction of sp³-hybridized carbons (Fsp3) is 0.435.